The van der Waals surface area contributed by atoms with Crippen LogP contribution < -0.4 is 14.5 Å². The number of sulfonamides is 1. The van der Waals surface area contributed by atoms with Crippen molar-refractivity contribution in [1.29, 1.82) is 0 Å². The summed E-state index contributed by atoms with van der Waals surface area (Å²) in [5.41, 5.74) is 6.25. The fourth-order valence-corrected chi connectivity index (χ4v) is 6.68. The van der Waals surface area contributed by atoms with Crippen LogP contribution in [0.5, 0.6) is 0 Å². The fourth-order valence-electron chi connectivity index (χ4n) is 5.33. The van der Waals surface area contributed by atoms with Gasteiger partial charge in [0.1, 0.15) is 6.17 Å². The molecule has 1 atom stereocenters. The van der Waals surface area contributed by atoms with E-state index in [2.05, 4.69) is 37.7 Å². The van der Waals surface area contributed by atoms with Gasteiger partial charge in [0.2, 0.25) is 0 Å². The second-order valence-corrected chi connectivity index (χ2v) is 13.3. The number of fused-ring (bicyclic) bond motifs is 1. The maximum absolute atomic E-state index is 14.5. The lowest BCUT2D eigenvalue weighted by Gasteiger charge is -2.46. The van der Waals surface area contributed by atoms with Gasteiger partial charge in [-0.05, 0) is 79.6 Å². The van der Waals surface area contributed by atoms with Gasteiger partial charge in [0.25, 0.3) is 15.9 Å². The second-order valence-electron chi connectivity index (χ2n) is 10.7. The molecule has 0 saturated carbocycles. The third-order valence-electron chi connectivity index (χ3n) is 7.56. The molecule has 1 aliphatic rings. The van der Waals surface area contributed by atoms with Gasteiger partial charge in [-0.2, -0.15) is 0 Å². The highest BCUT2D eigenvalue weighted by Crippen LogP contribution is 2.43. The predicted molar refractivity (Wildman–Crippen MR) is 176 cm³/mol. The van der Waals surface area contributed by atoms with Crippen molar-refractivity contribution in [2.75, 3.05) is 14.5 Å². The monoisotopic (exact) mass is 651 g/mol. The first-order chi connectivity index (χ1) is 20.7. The van der Waals surface area contributed by atoms with E-state index in [0.717, 1.165) is 32.4 Å². The van der Waals surface area contributed by atoms with Crippen molar-refractivity contribution in [3.05, 3.63) is 154 Å². The summed E-state index contributed by atoms with van der Waals surface area (Å²) in [4.78, 5) is 18.4. The number of hydrogen-bond donors (Lipinski definition) is 1. The lowest BCUT2D eigenvalue weighted by atomic mass is 9.99. The summed E-state index contributed by atoms with van der Waals surface area (Å²) in [6.07, 6.45) is -0.482. The molecule has 1 N–H and O–H groups in total. The SMILES string of the molecule is Cc1ccc(NS(=O)(=O)c2ccc3c(c2)C(=O)N(c2ccc(C)cc2)[C@H](c2ccc(Br)cc2)N3Cc2ccccc2)cc1. The van der Waals surface area contributed by atoms with Crippen LogP contribution in [0.2, 0.25) is 0 Å². The number of anilines is 3. The van der Waals surface area contributed by atoms with E-state index in [4.69, 9.17) is 0 Å². The summed E-state index contributed by atoms with van der Waals surface area (Å²) in [7, 11) is -3.96. The first-order valence-electron chi connectivity index (χ1n) is 13.9. The maximum atomic E-state index is 14.5. The van der Waals surface area contributed by atoms with Crippen molar-refractivity contribution in [2.24, 2.45) is 0 Å². The third kappa shape index (κ3) is 5.94. The Balaban J connectivity index is 1.52. The molecule has 6 rings (SSSR count). The summed E-state index contributed by atoms with van der Waals surface area (Å²) in [5, 5.41) is 0. The Labute approximate surface area is 260 Å². The highest BCUT2D eigenvalue weighted by Gasteiger charge is 2.40. The summed E-state index contributed by atoms with van der Waals surface area (Å²) in [5.74, 6) is -0.275. The molecule has 0 radical (unpaired) electrons. The Morgan fingerprint density at radius 3 is 2.05 bits per heavy atom. The zero-order valence-corrected chi connectivity index (χ0v) is 26.1. The standard InChI is InChI=1S/C35H30BrN3O3S/c1-24-8-16-29(17-9-24)37-43(41,42)31-20-21-33-32(22-31)35(40)39(30-18-10-25(2)11-19-30)34(27-12-14-28(36)15-13-27)38(33)23-26-6-4-3-5-7-26/h3-22,34,37H,23H2,1-2H3/t34-/m1/s1. The van der Waals surface area contributed by atoms with Gasteiger partial charge in [-0.3, -0.25) is 14.4 Å². The molecule has 0 aliphatic carbocycles. The number of nitrogens with one attached hydrogen (secondary N) is 1. The summed E-state index contributed by atoms with van der Waals surface area (Å²) in [6.45, 7) is 4.44. The molecule has 0 saturated heterocycles. The van der Waals surface area contributed by atoms with Gasteiger partial charge < -0.3 is 4.90 Å². The first kappa shape index (κ1) is 28.7. The van der Waals surface area contributed by atoms with E-state index in [1.54, 1.807) is 29.2 Å². The normalized spacial score (nSPS) is 14.9. The highest BCUT2D eigenvalue weighted by molar-refractivity contribution is 9.10. The molecule has 0 aromatic heterocycles. The Morgan fingerprint density at radius 2 is 1.40 bits per heavy atom. The Morgan fingerprint density at radius 1 is 0.767 bits per heavy atom. The minimum atomic E-state index is -3.96. The number of carbonyl (C=O) groups is 1. The van der Waals surface area contributed by atoms with Crippen LogP contribution in [-0.2, 0) is 16.6 Å². The largest absolute Gasteiger partial charge is 0.342 e. The molecule has 0 spiro atoms. The van der Waals surface area contributed by atoms with Crippen molar-refractivity contribution in [2.45, 2.75) is 31.5 Å². The van der Waals surface area contributed by atoms with Crippen LogP contribution in [0.25, 0.3) is 0 Å². The molecule has 6 nitrogen and oxygen atoms in total. The Hall–Kier alpha value is -4.40. The van der Waals surface area contributed by atoms with Crippen LogP contribution in [-0.4, -0.2) is 14.3 Å². The van der Waals surface area contributed by atoms with E-state index >= 15 is 0 Å². The molecule has 43 heavy (non-hydrogen) atoms. The molecule has 0 unspecified atom stereocenters. The van der Waals surface area contributed by atoms with Crippen LogP contribution >= 0.6 is 15.9 Å². The van der Waals surface area contributed by atoms with Crippen LogP contribution in [0.15, 0.2) is 131 Å². The molecule has 0 bridgehead atoms. The molecule has 1 amide bonds. The maximum Gasteiger partial charge on any atom is 0.262 e. The topological polar surface area (TPSA) is 69.7 Å². The Kier molecular flexibility index (Phi) is 7.81. The van der Waals surface area contributed by atoms with E-state index in [1.165, 1.54) is 6.07 Å². The van der Waals surface area contributed by atoms with Gasteiger partial charge in [-0.25, -0.2) is 8.42 Å². The van der Waals surface area contributed by atoms with Crippen molar-refractivity contribution in [3.63, 3.8) is 0 Å². The van der Waals surface area contributed by atoms with E-state index in [9.17, 15) is 13.2 Å². The quantitative estimate of drug-likeness (QED) is 0.192. The van der Waals surface area contributed by atoms with Crippen LogP contribution in [0.3, 0.4) is 0 Å². The number of amides is 1. The van der Waals surface area contributed by atoms with Crippen molar-refractivity contribution >= 4 is 48.9 Å². The lowest BCUT2D eigenvalue weighted by molar-refractivity contribution is 0.0968. The van der Waals surface area contributed by atoms with Gasteiger partial charge in [-0.1, -0.05) is 93.8 Å². The number of rotatable bonds is 7. The molecule has 216 valence electrons. The zero-order chi connectivity index (χ0) is 30.1. The lowest BCUT2D eigenvalue weighted by Crippen LogP contribution is -2.49. The number of nitrogens with zero attached hydrogens (tertiary/aromatic N) is 2. The molecular weight excluding hydrogens is 622 g/mol. The minimum absolute atomic E-state index is 0.0192. The van der Waals surface area contributed by atoms with Gasteiger partial charge in [0.15, 0.2) is 0 Å². The second kappa shape index (κ2) is 11.7. The smallest absolute Gasteiger partial charge is 0.262 e. The zero-order valence-electron chi connectivity index (χ0n) is 23.7. The van der Waals surface area contributed by atoms with Gasteiger partial charge >= 0.3 is 0 Å². The van der Waals surface area contributed by atoms with Crippen LogP contribution in [0.1, 0.15) is 38.8 Å². The number of halogens is 1. The molecule has 5 aromatic rings. The molecular formula is C35H30BrN3O3S. The van der Waals surface area contributed by atoms with Crippen molar-refractivity contribution in [3.8, 4) is 0 Å². The molecule has 5 aromatic carbocycles. The Bertz CT molecular complexity index is 1880. The molecule has 1 aliphatic heterocycles. The molecule has 0 fully saturated rings. The van der Waals surface area contributed by atoms with E-state index in [0.29, 0.717) is 23.5 Å². The summed E-state index contributed by atoms with van der Waals surface area (Å²) < 4.78 is 30.6. The number of aryl methyl sites for hydroxylation is 2. The van der Waals surface area contributed by atoms with E-state index in [-0.39, 0.29) is 10.8 Å². The average molecular weight is 653 g/mol. The minimum Gasteiger partial charge on any atom is -0.342 e. The van der Waals surface area contributed by atoms with Crippen LogP contribution in [0, 0.1) is 13.8 Å². The predicted octanol–water partition coefficient (Wildman–Crippen LogP) is 8.23. The number of hydrogen-bond acceptors (Lipinski definition) is 4. The summed E-state index contributed by atoms with van der Waals surface area (Å²) in [6, 6.07) is 37.8. The van der Waals surface area contributed by atoms with Crippen LogP contribution in [0.4, 0.5) is 17.1 Å². The number of carbonyl (C=O) groups excluding carboxylic acids is 1. The van der Waals surface area contributed by atoms with Gasteiger partial charge in [-0.15, -0.1) is 0 Å². The van der Waals surface area contributed by atoms with E-state index in [1.807, 2.05) is 92.7 Å². The highest BCUT2D eigenvalue weighted by atomic mass is 79.9. The molecule has 1 heterocycles. The third-order valence-corrected chi connectivity index (χ3v) is 9.46. The summed E-state index contributed by atoms with van der Waals surface area (Å²) >= 11 is 3.54. The van der Waals surface area contributed by atoms with Crippen molar-refractivity contribution in [1.82, 2.24) is 0 Å². The van der Waals surface area contributed by atoms with Crippen molar-refractivity contribution < 1.29 is 13.2 Å². The van der Waals surface area contributed by atoms with E-state index < -0.39 is 16.2 Å². The molecule has 8 heteroatoms. The first-order valence-corrected chi connectivity index (χ1v) is 16.2. The van der Waals surface area contributed by atoms with Gasteiger partial charge in [0, 0.05) is 22.4 Å². The average Bonchev–Trinajstić information content (AvgIpc) is 3.01. The number of benzene rings is 5. The fraction of sp³-hybridized carbons (Fsp3) is 0.114. The van der Waals surface area contributed by atoms with Gasteiger partial charge in [0.05, 0.1) is 16.1 Å².